The molecule has 0 aliphatic carbocycles. The highest BCUT2D eigenvalue weighted by Crippen LogP contribution is 2.30. The lowest BCUT2D eigenvalue weighted by Crippen LogP contribution is -2.39. The predicted octanol–water partition coefficient (Wildman–Crippen LogP) is 3.12. The van der Waals surface area contributed by atoms with Gasteiger partial charge in [0.25, 0.3) is 5.56 Å². The van der Waals surface area contributed by atoms with Gasteiger partial charge in [-0.15, -0.1) is 0 Å². The largest absolute Gasteiger partial charge is 0.497 e. The number of benzene rings is 2. The third kappa shape index (κ3) is 3.91. The maximum absolute atomic E-state index is 13.6. The lowest BCUT2D eigenvalue weighted by Gasteiger charge is -2.24. The monoisotopic (exact) mass is 448 g/mol. The van der Waals surface area contributed by atoms with Gasteiger partial charge in [0, 0.05) is 0 Å². The standard InChI is InChI=1S/C25H24N2O4S/c1-5-31-24(29)21-16(3)26-25-27(22(21)17-9-7-6-8-10-17)23(28)20(32-25)14-18-11-12-19(30-4)13-15(18)2/h6-14,22H,5H2,1-4H3/b20-14+/t22-/m1/s1. The fourth-order valence-electron chi connectivity index (χ4n) is 3.82. The molecule has 3 aromatic rings. The molecule has 0 fully saturated rings. The number of aromatic nitrogens is 1. The first-order valence-corrected chi connectivity index (χ1v) is 11.2. The van der Waals surface area contributed by atoms with Gasteiger partial charge in [-0.05, 0) is 55.7 Å². The number of hydrogen-bond donors (Lipinski definition) is 0. The Labute approximate surface area is 189 Å². The van der Waals surface area contributed by atoms with Crippen LogP contribution in [0.2, 0.25) is 0 Å². The lowest BCUT2D eigenvalue weighted by molar-refractivity contribution is -0.139. The number of rotatable bonds is 5. The Morgan fingerprint density at radius 2 is 1.94 bits per heavy atom. The first-order valence-electron chi connectivity index (χ1n) is 10.3. The number of methoxy groups -OCH3 is 1. The molecular formula is C25H24N2O4S. The van der Waals surface area contributed by atoms with Gasteiger partial charge in [-0.1, -0.05) is 47.7 Å². The molecule has 2 heterocycles. The first kappa shape index (κ1) is 21.8. The van der Waals surface area contributed by atoms with Crippen LogP contribution in [0.25, 0.3) is 6.08 Å². The van der Waals surface area contributed by atoms with E-state index in [1.807, 2.05) is 61.5 Å². The van der Waals surface area contributed by atoms with Gasteiger partial charge < -0.3 is 9.47 Å². The number of hydrogen-bond acceptors (Lipinski definition) is 6. The van der Waals surface area contributed by atoms with E-state index in [0.29, 0.717) is 20.6 Å². The van der Waals surface area contributed by atoms with E-state index < -0.39 is 12.0 Å². The topological polar surface area (TPSA) is 69.9 Å². The van der Waals surface area contributed by atoms with E-state index in [1.54, 1.807) is 25.5 Å². The maximum atomic E-state index is 13.6. The molecule has 0 N–H and O–H groups in total. The molecule has 0 saturated heterocycles. The molecule has 1 aromatic heterocycles. The zero-order valence-electron chi connectivity index (χ0n) is 18.4. The summed E-state index contributed by atoms with van der Waals surface area (Å²) in [4.78, 5) is 31.6. The third-order valence-corrected chi connectivity index (χ3v) is 6.38. The zero-order valence-corrected chi connectivity index (χ0v) is 19.2. The number of carbonyl (C=O) groups is 1. The summed E-state index contributed by atoms with van der Waals surface area (Å²) in [6.07, 6.45) is 1.87. The van der Waals surface area contributed by atoms with Gasteiger partial charge in [0.05, 0.1) is 35.6 Å². The fraction of sp³-hybridized carbons (Fsp3) is 0.240. The second kappa shape index (κ2) is 8.96. The number of fused-ring (bicyclic) bond motifs is 1. The summed E-state index contributed by atoms with van der Waals surface area (Å²) in [5.74, 6) is 0.308. The highest BCUT2D eigenvalue weighted by atomic mass is 32.1. The van der Waals surface area contributed by atoms with Gasteiger partial charge in [0.15, 0.2) is 4.80 Å². The van der Waals surface area contributed by atoms with Crippen molar-refractivity contribution in [3.05, 3.63) is 96.2 Å². The molecule has 4 rings (SSSR count). The van der Waals surface area contributed by atoms with E-state index in [4.69, 9.17) is 9.47 Å². The van der Waals surface area contributed by atoms with E-state index in [0.717, 1.165) is 22.4 Å². The molecule has 0 bridgehead atoms. The smallest absolute Gasteiger partial charge is 0.338 e. The Balaban J connectivity index is 1.93. The van der Waals surface area contributed by atoms with Gasteiger partial charge in [-0.25, -0.2) is 9.79 Å². The number of ether oxygens (including phenoxy) is 2. The van der Waals surface area contributed by atoms with Crippen molar-refractivity contribution in [2.45, 2.75) is 26.8 Å². The quantitative estimate of drug-likeness (QED) is 0.563. The minimum absolute atomic E-state index is 0.188. The minimum atomic E-state index is -0.592. The highest BCUT2D eigenvalue weighted by molar-refractivity contribution is 7.07. The molecule has 6 nitrogen and oxygen atoms in total. The summed E-state index contributed by atoms with van der Waals surface area (Å²) in [6, 6.07) is 14.6. The van der Waals surface area contributed by atoms with Crippen molar-refractivity contribution in [1.82, 2.24) is 4.57 Å². The molecule has 1 atom stereocenters. The van der Waals surface area contributed by atoms with E-state index >= 15 is 0 Å². The summed E-state index contributed by atoms with van der Waals surface area (Å²) >= 11 is 1.32. The second-order valence-electron chi connectivity index (χ2n) is 7.44. The molecule has 164 valence electrons. The van der Waals surface area contributed by atoms with Crippen LogP contribution in [-0.2, 0) is 9.53 Å². The molecule has 0 spiro atoms. The average Bonchev–Trinajstić information content (AvgIpc) is 3.09. The second-order valence-corrected chi connectivity index (χ2v) is 8.44. The zero-order chi connectivity index (χ0) is 22.8. The number of aryl methyl sites for hydroxylation is 1. The summed E-state index contributed by atoms with van der Waals surface area (Å²) in [7, 11) is 1.62. The van der Waals surface area contributed by atoms with Crippen molar-refractivity contribution >= 4 is 23.4 Å². The number of esters is 1. The molecule has 0 amide bonds. The van der Waals surface area contributed by atoms with Crippen LogP contribution in [0.5, 0.6) is 5.75 Å². The van der Waals surface area contributed by atoms with Gasteiger partial charge in [0.1, 0.15) is 5.75 Å². The number of carbonyl (C=O) groups excluding carboxylic acids is 1. The van der Waals surface area contributed by atoms with Crippen molar-refractivity contribution in [2.24, 2.45) is 4.99 Å². The molecule has 32 heavy (non-hydrogen) atoms. The Kier molecular flexibility index (Phi) is 6.10. The Bertz CT molecular complexity index is 1380. The molecule has 2 aromatic carbocycles. The molecule has 7 heteroatoms. The van der Waals surface area contributed by atoms with Crippen LogP contribution in [0.15, 0.2) is 69.6 Å². The predicted molar refractivity (Wildman–Crippen MR) is 125 cm³/mol. The highest BCUT2D eigenvalue weighted by Gasteiger charge is 2.33. The van der Waals surface area contributed by atoms with Crippen LogP contribution in [0, 0.1) is 6.92 Å². The molecule has 1 aliphatic rings. The maximum Gasteiger partial charge on any atom is 0.338 e. The number of nitrogens with zero attached hydrogens (tertiary/aromatic N) is 2. The van der Waals surface area contributed by atoms with Crippen LogP contribution in [0.1, 0.15) is 36.6 Å². The van der Waals surface area contributed by atoms with Crippen molar-refractivity contribution in [3.63, 3.8) is 0 Å². The number of thiazole rings is 1. The van der Waals surface area contributed by atoms with Crippen molar-refractivity contribution < 1.29 is 14.3 Å². The van der Waals surface area contributed by atoms with Crippen molar-refractivity contribution in [2.75, 3.05) is 13.7 Å². The summed E-state index contributed by atoms with van der Waals surface area (Å²) in [5, 5.41) is 0. The van der Waals surface area contributed by atoms with Gasteiger partial charge in [-0.3, -0.25) is 9.36 Å². The van der Waals surface area contributed by atoms with Crippen LogP contribution < -0.4 is 19.6 Å². The van der Waals surface area contributed by atoms with E-state index in [9.17, 15) is 9.59 Å². The molecular weight excluding hydrogens is 424 g/mol. The molecule has 0 radical (unpaired) electrons. The van der Waals surface area contributed by atoms with Gasteiger partial charge in [-0.2, -0.15) is 0 Å². The van der Waals surface area contributed by atoms with E-state index in [1.165, 1.54) is 11.3 Å². The fourth-order valence-corrected chi connectivity index (χ4v) is 4.86. The van der Waals surface area contributed by atoms with Crippen molar-refractivity contribution in [3.8, 4) is 5.75 Å². The van der Waals surface area contributed by atoms with Crippen LogP contribution in [-0.4, -0.2) is 24.3 Å². The van der Waals surface area contributed by atoms with Crippen LogP contribution >= 0.6 is 11.3 Å². The summed E-state index contributed by atoms with van der Waals surface area (Å²) < 4.78 is 12.7. The Morgan fingerprint density at radius 3 is 2.59 bits per heavy atom. The molecule has 1 aliphatic heterocycles. The SMILES string of the molecule is CCOC(=O)C1=C(C)N=c2s/c(=C/c3ccc(OC)cc3C)c(=O)n2[C@@H]1c1ccccc1. The van der Waals surface area contributed by atoms with Gasteiger partial charge >= 0.3 is 5.97 Å². The average molecular weight is 449 g/mol. The lowest BCUT2D eigenvalue weighted by atomic mass is 9.96. The number of allylic oxidation sites excluding steroid dienone is 1. The summed E-state index contributed by atoms with van der Waals surface area (Å²) in [5.41, 5.74) is 3.51. The normalized spacial score (nSPS) is 15.9. The first-order chi connectivity index (χ1) is 15.4. The molecule has 0 saturated carbocycles. The van der Waals surface area contributed by atoms with Gasteiger partial charge in [0.2, 0.25) is 0 Å². The minimum Gasteiger partial charge on any atom is -0.497 e. The Morgan fingerprint density at radius 1 is 1.19 bits per heavy atom. The van der Waals surface area contributed by atoms with Crippen LogP contribution in [0.3, 0.4) is 0 Å². The third-order valence-electron chi connectivity index (χ3n) is 5.40. The Hall–Kier alpha value is -3.45. The molecule has 0 unspecified atom stereocenters. The van der Waals surface area contributed by atoms with Crippen molar-refractivity contribution in [1.29, 1.82) is 0 Å². The van der Waals surface area contributed by atoms with E-state index in [-0.39, 0.29) is 12.2 Å². The van der Waals surface area contributed by atoms with Crippen LogP contribution in [0.4, 0.5) is 0 Å². The summed E-state index contributed by atoms with van der Waals surface area (Å²) in [6.45, 7) is 5.77. The van der Waals surface area contributed by atoms with E-state index in [2.05, 4.69) is 4.99 Å².